The molecular weight excluding hydrogens is 242 g/mol. The van der Waals surface area contributed by atoms with Crippen LogP contribution >= 0.6 is 23.8 Å². The first-order chi connectivity index (χ1) is 6.45. The van der Waals surface area contributed by atoms with Crippen molar-refractivity contribution in [1.29, 1.82) is 0 Å². The molecule has 0 atom stereocenters. The summed E-state index contributed by atoms with van der Waals surface area (Å²) >= 11 is 10.2. The molecule has 0 aliphatic carbocycles. The fourth-order valence-electron chi connectivity index (χ4n) is 0.858. The van der Waals surface area contributed by atoms with Crippen LogP contribution in [0.1, 0.15) is 0 Å². The number of benzene rings is 1. The van der Waals surface area contributed by atoms with Crippen LogP contribution in [0.25, 0.3) is 0 Å². The second-order valence-corrected chi connectivity index (χ2v) is 5.19. The van der Waals surface area contributed by atoms with Crippen molar-refractivity contribution in [2.45, 2.75) is 4.90 Å². The molecule has 1 aromatic rings. The predicted molar refractivity (Wildman–Crippen MR) is 59.2 cm³/mol. The molecule has 0 aliphatic heterocycles. The van der Waals surface area contributed by atoms with Gasteiger partial charge in [0.1, 0.15) is 0 Å². The summed E-state index contributed by atoms with van der Waals surface area (Å²) in [6.45, 7) is 0. The van der Waals surface area contributed by atoms with E-state index in [1.165, 1.54) is 18.2 Å². The summed E-state index contributed by atoms with van der Waals surface area (Å²) < 4.78 is 22.3. The van der Waals surface area contributed by atoms with Crippen LogP contribution in [0, 0.1) is 0 Å². The van der Waals surface area contributed by atoms with Crippen LogP contribution in [-0.4, -0.2) is 19.8 Å². The van der Waals surface area contributed by atoms with E-state index in [0.29, 0.717) is 10.7 Å². The number of isothiocyanates is 1. The Kier molecular flexibility index (Phi) is 3.39. The molecule has 0 fully saturated rings. The molecule has 6 heteroatoms. The van der Waals surface area contributed by atoms with Gasteiger partial charge in [-0.2, -0.15) is 4.99 Å². The van der Waals surface area contributed by atoms with E-state index in [1.807, 2.05) is 0 Å². The number of halogens is 1. The highest BCUT2D eigenvalue weighted by Gasteiger charge is 2.09. The molecule has 74 valence electrons. The van der Waals surface area contributed by atoms with E-state index in [2.05, 4.69) is 22.4 Å². The van der Waals surface area contributed by atoms with Crippen molar-refractivity contribution >= 4 is 44.5 Å². The van der Waals surface area contributed by atoms with Crippen molar-refractivity contribution in [3.05, 3.63) is 23.2 Å². The lowest BCUT2D eigenvalue weighted by Crippen LogP contribution is -1.96. The number of thiocarbonyl (C=S) groups is 1. The van der Waals surface area contributed by atoms with Gasteiger partial charge in [-0.1, -0.05) is 11.6 Å². The first-order valence-electron chi connectivity index (χ1n) is 3.52. The van der Waals surface area contributed by atoms with E-state index >= 15 is 0 Å². The monoisotopic (exact) mass is 247 g/mol. The molecule has 0 saturated heterocycles. The molecular formula is C8H6ClNO2S2. The van der Waals surface area contributed by atoms with E-state index in [-0.39, 0.29) is 4.90 Å². The molecule has 0 spiro atoms. The van der Waals surface area contributed by atoms with Crippen LogP contribution in [-0.2, 0) is 9.84 Å². The van der Waals surface area contributed by atoms with Crippen LogP contribution in [0.4, 0.5) is 5.69 Å². The van der Waals surface area contributed by atoms with Gasteiger partial charge in [0.05, 0.1) is 20.8 Å². The molecule has 1 aromatic carbocycles. The van der Waals surface area contributed by atoms with Gasteiger partial charge >= 0.3 is 0 Å². The number of hydrogen-bond donors (Lipinski definition) is 0. The van der Waals surface area contributed by atoms with Gasteiger partial charge in [-0.3, -0.25) is 0 Å². The molecule has 0 bridgehead atoms. The molecule has 0 N–H and O–H groups in total. The number of hydrogen-bond acceptors (Lipinski definition) is 4. The average Bonchev–Trinajstić information content (AvgIpc) is 2.07. The van der Waals surface area contributed by atoms with Gasteiger partial charge in [0.15, 0.2) is 9.84 Å². The molecule has 14 heavy (non-hydrogen) atoms. The molecule has 0 heterocycles. The van der Waals surface area contributed by atoms with Crippen molar-refractivity contribution in [3.8, 4) is 0 Å². The fourth-order valence-corrected chi connectivity index (χ4v) is 1.76. The lowest BCUT2D eigenvalue weighted by atomic mass is 10.3. The molecule has 0 unspecified atom stereocenters. The zero-order chi connectivity index (χ0) is 10.8. The van der Waals surface area contributed by atoms with Gasteiger partial charge in [-0.25, -0.2) is 8.42 Å². The minimum absolute atomic E-state index is 0.158. The summed E-state index contributed by atoms with van der Waals surface area (Å²) in [5, 5.41) is 2.47. The second-order valence-electron chi connectivity index (χ2n) is 2.59. The Balaban J connectivity index is 3.41. The van der Waals surface area contributed by atoms with Gasteiger partial charge in [-0.15, -0.1) is 0 Å². The molecule has 1 rings (SSSR count). The number of aliphatic imine (C=N–C) groups is 1. The normalized spacial score (nSPS) is 10.7. The minimum atomic E-state index is -3.24. The fraction of sp³-hybridized carbons (Fsp3) is 0.125. The Bertz CT molecular complexity index is 504. The van der Waals surface area contributed by atoms with Gasteiger partial charge in [0.2, 0.25) is 0 Å². The summed E-state index contributed by atoms with van der Waals surface area (Å²) in [6.07, 6.45) is 1.11. The van der Waals surface area contributed by atoms with Crippen molar-refractivity contribution in [1.82, 2.24) is 0 Å². The first-order valence-corrected chi connectivity index (χ1v) is 6.20. The van der Waals surface area contributed by atoms with E-state index < -0.39 is 9.84 Å². The van der Waals surface area contributed by atoms with Crippen molar-refractivity contribution in [2.75, 3.05) is 6.26 Å². The lowest BCUT2D eigenvalue weighted by Gasteiger charge is -2.00. The van der Waals surface area contributed by atoms with Crippen molar-refractivity contribution in [3.63, 3.8) is 0 Å². The molecule has 0 aliphatic rings. The Morgan fingerprint density at radius 2 is 2.14 bits per heavy atom. The van der Waals surface area contributed by atoms with Crippen LogP contribution in [0.3, 0.4) is 0 Å². The predicted octanol–water partition coefficient (Wildman–Crippen LogP) is 2.48. The Morgan fingerprint density at radius 3 is 2.64 bits per heavy atom. The standard InChI is InChI=1S/C8H6ClNO2S2/c1-14(11,12)6-2-3-7(9)8(4-6)10-5-13/h2-4H,1H3. The van der Waals surface area contributed by atoms with Crippen LogP contribution in [0.5, 0.6) is 0 Å². The van der Waals surface area contributed by atoms with Gasteiger partial charge in [-0.05, 0) is 30.4 Å². The van der Waals surface area contributed by atoms with E-state index in [0.717, 1.165) is 6.26 Å². The van der Waals surface area contributed by atoms with Crippen molar-refractivity contribution in [2.24, 2.45) is 4.99 Å². The van der Waals surface area contributed by atoms with Gasteiger partial charge < -0.3 is 0 Å². The summed E-state index contributed by atoms with van der Waals surface area (Å²) in [5.74, 6) is 0. The summed E-state index contributed by atoms with van der Waals surface area (Å²) in [6, 6.07) is 4.24. The smallest absolute Gasteiger partial charge is 0.175 e. The third-order valence-electron chi connectivity index (χ3n) is 1.51. The zero-order valence-electron chi connectivity index (χ0n) is 7.19. The first kappa shape index (κ1) is 11.3. The van der Waals surface area contributed by atoms with E-state index in [1.54, 1.807) is 0 Å². The number of nitrogens with zero attached hydrogens (tertiary/aromatic N) is 1. The van der Waals surface area contributed by atoms with Crippen LogP contribution < -0.4 is 0 Å². The van der Waals surface area contributed by atoms with E-state index in [9.17, 15) is 8.42 Å². The topological polar surface area (TPSA) is 46.5 Å². The molecule has 0 saturated carbocycles. The van der Waals surface area contributed by atoms with Gasteiger partial charge in [0.25, 0.3) is 0 Å². The van der Waals surface area contributed by atoms with Gasteiger partial charge in [0, 0.05) is 6.26 Å². The number of rotatable bonds is 2. The highest BCUT2D eigenvalue weighted by Crippen LogP contribution is 2.27. The summed E-state index contributed by atoms with van der Waals surface area (Å²) in [5.41, 5.74) is 0.310. The third kappa shape index (κ3) is 2.62. The van der Waals surface area contributed by atoms with Crippen LogP contribution in [0.15, 0.2) is 28.1 Å². The molecule has 0 aromatic heterocycles. The highest BCUT2D eigenvalue weighted by atomic mass is 35.5. The second kappa shape index (κ2) is 4.19. The minimum Gasteiger partial charge on any atom is -0.224 e. The SMILES string of the molecule is CS(=O)(=O)c1ccc(Cl)c(N=C=S)c1. The maximum absolute atomic E-state index is 11.2. The zero-order valence-corrected chi connectivity index (χ0v) is 9.58. The largest absolute Gasteiger partial charge is 0.224 e. The Morgan fingerprint density at radius 1 is 1.50 bits per heavy atom. The maximum Gasteiger partial charge on any atom is 0.175 e. The molecule has 0 radical (unpaired) electrons. The average molecular weight is 248 g/mol. The van der Waals surface area contributed by atoms with Crippen LogP contribution in [0.2, 0.25) is 5.02 Å². The summed E-state index contributed by atoms with van der Waals surface area (Å²) in [7, 11) is -3.24. The highest BCUT2D eigenvalue weighted by molar-refractivity contribution is 7.90. The van der Waals surface area contributed by atoms with Crippen molar-refractivity contribution < 1.29 is 8.42 Å². The Labute approximate surface area is 92.3 Å². The Hall–Kier alpha value is -0.740. The summed E-state index contributed by atoms with van der Waals surface area (Å²) in [4.78, 5) is 3.81. The molecule has 0 amide bonds. The maximum atomic E-state index is 11.2. The quantitative estimate of drug-likeness (QED) is 0.596. The molecule has 3 nitrogen and oxygen atoms in total. The number of sulfone groups is 1. The third-order valence-corrected chi connectivity index (χ3v) is 3.03. The lowest BCUT2D eigenvalue weighted by molar-refractivity contribution is 0.602. The van der Waals surface area contributed by atoms with E-state index in [4.69, 9.17) is 11.6 Å².